The lowest BCUT2D eigenvalue weighted by Gasteiger charge is -2.29. The fraction of sp³-hybridized carbons (Fsp3) is 0.350. The summed E-state index contributed by atoms with van der Waals surface area (Å²) in [5.74, 6) is -0.925. The summed E-state index contributed by atoms with van der Waals surface area (Å²) in [6.07, 6.45) is 3.02. The third-order valence-corrected chi connectivity index (χ3v) is 6.37. The van der Waals surface area contributed by atoms with Crippen molar-refractivity contribution in [2.75, 3.05) is 37.7 Å². The Labute approximate surface area is 187 Å². The highest BCUT2D eigenvalue weighted by molar-refractivity contribution is 8.26. The smallest absolute Gasteiger partial charge is 0.305 e. The number of ether oxygens (including phenoxy) is 1. The number of morpholine rings is 1. The second-order valence-electron chi connectivity index (χ2n) is 7.17. The molecule has 1 N–H and O–H groups in total. The average Bonchev–Trinajstić information content (AvgIpc) is 3.02. The lowest BCUT2D eigenvalue weighted by Crippen LogP contribution is -2.38. The monoisotopic (exact) mass is 460 g/mol. The predicted octanol–water partition coefficient (Wildman–Crippen LogP) is 1.52. The van der Waals surface area contributed by atoms with E-state index in [-0.39, 0.29) is 27.8 Å². The summed E-state index contributed by atoms with van der Waals surface area (Å²) in [6.45, 7) is 4.07. The Morgan fingerprint density at radius 3 is 2.77 bits per heavy atom. The van der Waals surface area contributed by atoms with Crippen LogP contribution >= 0.6 is 24.0 Å². The highest BCUT2D eigenvalue weighted by Gasteiger charge is 2.33. The van der Waals surface area contributed by atoms with Gasteiger partial charge in [-0.3, -0.25) is 23.7 Å². The molecule has 2 fully saturated rings. The van der Waals surface area contributed by atoms with Crippen molar-refractivity contribution in [3.8, 4) is 0 Å². The summed E-state index contributed by atoms with van der Waals surface area (Å²) < 4.78 is 7.16. The molecule has 0 unspecified atom stereocenters. The number of pyridine rings is 1. The van der Waals surface area contributed by atoms with Crippen LogP contribution in [0, 0.1) is 6.92 Å². The predicted molar refractivity (Wildman–Crippen MR) is 121 cm³/mol. The fourth-order valence-corrected chi connectivity index (χ4v) is 4.71. The molecule has 0 radical (unpaired) electrons. The van der Waals surface area contributed by atoms with Crippen LogP contribution in [0.3, 0.4) is 0 Å². The second kappa shape index (κ2) is 8.77. The van der Waals surface area contributed by atoms with Crippen LogP contribution in [0.15, 0.2) is 28.0 Å². The first kappa shape index (κ1) is 21.5. The van der Waals surface area contributed by atoms with Gasteiger partial charge in [0, 0.05) is 25.8 Å². The summed E-state index contributed by atoms with van der Waals surface area (Å²) in [5.41, 5.74) is 1.43. The number of carboxylic acid groups (broad SMARTS) is 1. The van der Waals surface area contributed by atoms with Crippen molar-refractivity contribution < 1.29 is 19.4 Å². The number of anilines is 1. The van der Waals surface area contributed by atoms with Gasteiger partial charge in [0.05, 0.1) is 30.1 Å². The maximum absolute atomic E-state index is 13.4. The van der Waals surface area contributed by atoms with Gasteiger partial charge < -0.3 is 14.7 Å². The van der Waals surface area contributed by atoms with Crippen LogP contribution in [0.25, 0.3) is 11.7 Å². The number of amides is 1. The molecule has 0 aliphatic carbocycles. The fourth-order valence-electron chi connectivity index (χ4n) is 3.42. The van der Waals surface area contributed by atoms with E-state index in [1.54, 1.807) is 12.3 Å². The summed E-state index contributed by atoms with van der Waals surface area (Å²) in [6, 6.07) is 3.67. The van der Waals surface area contributed by atoms with Gasteiger partial charge in [0.2, 0.25) is 0 Å². The Hall–Kier alpha value is -2.76. The van der Waals surface area contributed by atoms with Crippen LogP contribution in [0.4, 0.5) is 5.82 Å². The molecule has 9 nitrogen and oxygen atoms in total. The standard InChI is InChI=1S/C20H20N4O5S2/c1-12-2-3-15-21-17(22-6-8-29-9-7-22)13(18(27)24(15)11-12)10-14-19(28)23(20(30)31-14)5-4-16(25)26/h2-3,10-11H,4-9H2,1H3,(H,25,26). The van der Waals surface area contributed by atoms with Crippen LogP contribution in [0.1, 0.15) is 17.5 Å². The maximum atomic E-state index is 13.4. The molecule has 0 atom stereocenters. The van der Waals surface area contributed by atoms with Gasteiger partial charge in [-0.25, -0.2) is 4.98 Å². The number of thiocarbonyl (C=S) groups is 1. The van der Waals surface area contributed by atoms with E-state index >= 15 is 0 Å². The summed E-state index contributed by atoms with van der Waals surface area (Å²) in [7, 11) is 0. The molecular formula is C20H20N4O5S2. The molecule has 11 heteroatoms. The third kappa shape index (κ3) is 4.34. The van der Waals surface area contributed by atoms with Crippen molar-refractivity contribution in [2.45, 2.75) is 13.3 Å². The van der Waals surface area contributed by atoms with Crippen molar-refractivity contribution in [1.82, 2.24) is 14.3 Å². The van der Waals surface area contributed by atoms with E-state index in [1.165, 1.54) is 15.4 Å². The highest BCUT2D eigenvalue weighted by Crippen LogP contribution is 2.33. The van der Waals surface area contributed by atoms with Crippen LogP contribution in [0.5, 0.6) is 0 Å². The van der Waals surface area contributed by atoms with E-state index in [0.717, 1.165) is 17.3 Å². The quantitative estimate of drug-likeness (QED) is 0.525. The number of aliphatic carboxylic acids is 1. The molecule has 2 aromatic heterocycles. The molecule has 1 amide bonds. The van der Waals surface area contributed by atoms with Crippen molar-refractivity contribution >= 4 is 57.7 Å². The van der Waals surface area contributed by atoms with Gasteiger partial charge in [0.1, 0.15) is 15.8 Å². The molecule has 0 saturated carbocycles. The first-order chi connectivity index (χ1) is 14.8. The van der Waals surface area contributed by atoms with Crippen molar-refractivity contribution in [3.05, 3.63) is 44.7 Å². The number of thioether (sulfide) groups is 1. The van der Waals surface area contributed by atoms with E-state index in [2.05, 4.69) is 0 Å². The van der Waals surface area contributed by atoms with Crippen LogP contribution < -0.4 is 10.5 Å². The van der Waals surface area contributed by atoms with Crippen LogP contribution in [-0.4, -0.2) is 68.4 Å². The number of carbonyl (C=O) groups excluding carboxylic acids is 1. The number of aryl methyl sites for hydroxylation is 1. The van der Waals surface area contributed by atoms with E-state index in [1.807, 2.05) is 17.9 Å². The molecule has 4 rings (SSSR count). The van der Waals surface area contributed by atoms with E-state index in [9.17, 15) is 14.4 Å². The minimum Gasteiger partial charge on any atom is -0.481 e. The first-order valence-corrected chi connectivity index (χ1v) is 10.9. The summed E-state index contributed by atoms with van der Waals surface area (Å²) in [5, 5.41) is 8.92. The Balaban J connectivity index is 1.81. The van der Waals surface area contributed by atoms with Crippen molar-refractivity contribution in [2.24, 2.45) is 0 Å². The lowest BCUT2D eigenvalue weighted by atomic mass is 10.2. The Morgan fingerprint density at radius 2 is 2.06 bits per heavy atom. The molecule has 2 aliphatic heterocycles. The topological polar surface area (TPSA) is 104 Å². The molecule has 0 aromatic carbocycles. The zero-order chi connectivity index (χ0) is 22.1. The molecule has 0 spiro atoms. The number of carboxylic acids is 1. The lowest BCUT2D eigenvalue weighted by molar-refractivity contribution is -0.137. The Kier molecular flexibility index (Phi) is 6.08. The zero-order valence-electron chi connectivity index (χ0n) is 16.7. The summed E-state index contributed by atoms with van der Waals surface area (Å²) in [4.78, 5) is 45.3. The van der Waals surface area contributed by atoms with Gasteiger partial charge in [-0.05, 0) is 24.6 Å². The Bertz CT molecular complexity index is 1170. The molecule has 2 aliphatic rings. The third-order valence-electron chi connectivity index (χ3n) is 4.99. The van der Waals surface area contributed by atoms with E-state index in [0.29, 0.717) is 43.3 Å². The molecule has 2 aromatic rings. The highest BCUT2D eigenvalue weighted by atomic mass is 32.2. The SMILES string of the molecule is Cc1ccc2nc(N3CCOCC3)c(C=C3SC(=S)N(CCC(=O)O)C3=O)c(=O)n2c1. The van der Waals surface area contributed by atoms with Crippen LogP contribution in [0.2, 0.25) is 0 Å². The number of rotatable bonds is 5. The Morgan fingerprint density at radius 1 is 1.32 bits per heavy atom. The van der Waals surface area contributed by atoms with Crippen molar-refractivity contribution in [3.63, 3.8) is 0 Å². The van der Waals surface area contributed by atoms with Gasteiger partial charge in [-0.2, -0.15) is 0 Å². The van der Waals surface area contributed by atoms with Gasteiger partial charge >= 0.3 is 5.97 Å². The van der Waals surface area contributed by atoms with E-state index < -0.39 is 11.9 Å². The number of nitrogens with zero attached hydrogens (tertiary/aromatic N) is 4. The van der Waals surface area contributed by atoms with E-state index in [4.69, 9.17) is 27.0 Å². The number of hydrogen-bond donors (Lipinski definition) is 1. The number of fused-ring (bicyclic) bond motifs is 1. The van der Waals surface area contributed by atoms with Gasteiger partial charge in [-0.1, -0.05) is 30.0 Å². The second-order valence-corrected chi connectivity index (χ2v) is 8.84. The minimum atomic E-state index is -1.01. The minimum absolute atomic E-state index is 0.0121. The number of aromatic nitrogens is 2. The first-order valence-electron chi connectivity index (χ1n) is 9.68. The molecular weight excluding hydrogens is 440 g/mol. The molecule has 162 valence electrons. The zero-order valence-corrected chi connectivity index (χ0v) is 18.4. The number of hydrogen-bond acceptors (Lipinski definition) is 8. The van der Waals surface area contributed by atoms with Gasteiger partial charge in [0.15, 0.2) is 0 Å². The van der Waals surface area contributed by atoms with Gasteiger partial charge in [-0.15, -0.1) is 0 Å². The molecule has 0 bridgehead atoms. The summed E-state index contributed by atoms with van der Waals surface area (Å²) >= 11 is 6.31. The van der Waals surface area contributed by atoms with Gasteiger partial charge in [0.25, 0.3) is 11.5 Å². The molecule has 31 heavy (non-hydrogen) atoms. The maximum Gasteiger partial charge on any atom is 0.305 e. The number of carbonyl (C=O) groups is 2. The average molecular weight is 461 g/mol. The largest absolute Gasteiger partial charge is 0.481 e. The van der Waals surface area contributed by atoms with Crippen LogP contribution in [-0.2, 0) is 14.3 Å². The molecule has 4 heterocycles. The molecule has 2 saturated heterocycles. The normalized spacial score (nSPS) is 18.4. The van der Waals surface area contributed by atoms with Crippen molar-refractivity contribution in [1.29, 1.82) is 0 Å².